The van der Waals surface area contributed by atoms with E-state index in [1.54, 1.807) is 26.8 Å². The zero-order chi connectivity index (χ0) is 18.3. The molecule has 1 aromatic carbocycles. The molecule has 0 spiro atoms. The number of amides is 1. The van der Waals surface area contributed by atoms with Gasteiger partial charge in [-0.1, -0.05) is 13.0 Å². The summed E-state index contributed by atoms with van der Waals surface area (Å²) in [4.78, 5) is 24.1. The minimum Gasteiger partial charge on any atom is -0.504 e. The van der Waals surface area contributed by atoms with Crippen molar-refractivity contribution in [2.24, 2.45) is 0 Å². The summed E-state index contributed by atoms with van der Waals surface area (Å²) in [5, 5.41) is 21.4. The highest BCUT2D eigenvalue weighted by Crippen LogP contribution is 2.25. The minimum absolute atomic E-state index is 0.0929. The van der Waals surface area contributed by atoms with Crippen LogP contribution in [0.3, 0.4) is 0 Å². The second kappa shape index (κ2) is 8.42. The number of phenolic OH excluding ortho intramolecular Hbond substituents is 2. The molecule has 134 valence electrons. The van der Waals surface area contributed by atoms with Gasteiger partial charge in [-0.3, -0.25) is 0 Å². The maximum atomic E-state index is 12.2. The van der Waals surface area contributed by atoms with Crippen LogP contribution in [0.5, 0.6) is 11.5 Å². The maximum absolute atomic E-state index is 12.2. The molecular weight excluding hydrogens is 314 g/mol. The van der Waals surface area contributed by atoms with Crippen LogP contribution in [0.4, 0.5) is 4.79 Å². The van der Waals surface area contributed by atoms with E-state index in [1.165, 1.54) is 12.1 Å². The molecule has 24 heavy (non-hydrogen) atoms. The highest BCUT2D eigenvalue weighted by molar-refractivity contribution is 5.81. The van der Waals surface area contributed by atoms with E-state index < -0.39 is 23.7 Å². The molecule has 0 saturated heterocycles. The van der Waals surface area contributed by atoms with Crippen molar-refractivity contribution in [3.05, 3.63) is 23.8 Å². The maximum Gasteiger partial charge on any atom is 0.408 e. The van der Waals surface area contributed by atoms with E-state index in [2.05, 4.69) is 5.32 Å². The lowest BCUT2D eigenvalue weighted by Crippen LogP contribution is -2.45. The lowest BCUT2D eigenvalue weighted by atomic mass is 10.1. The normalized spacial score (nSPS) is 12.3. The van der Waals surface area contributed by atoms with Crippen LogP contribution in [-0.2, 0) is 20.7 Å². The zero-order valence-electron chi connectivity index (χ0n) is 14.5. The van der Waals surface area contributed by atoms with E-state index in [9.17, 15) is 19.8 Å². The summed E-state index contributed by atoms with van der Waals surface area (Å²) in [6.07, 6.45) is 0.0181. The summed E-state index contributed by atoms with van der Waals surface area (Å²) in [5.74, 6) is -1.15. The highest BCUT2D eigenvalue weighted by Gasteiger charge is 2.26. The number of benzene rings is 1. The number of hydrogen-bond donors (Lipinski definition) is 3. The first-order chi connectivity index (χ1) is 11.1. The number of hydrogen-bond acceptors (Lipinski definition) is 6. The Morgan fingerprint density at radius 3 is 2.42 bits per heavy atom. The van der Waals surface area contributed by atoms with Crippen LogP contribution in [-0.4, -0.2) is 40.5 Å². The number of phenols is 2. The van der Waals surface area contributed by atoms with Crippen molar-refractivity contribution in [3.8, 4) is 11.5 Å². The van der Waals surface area contributed by atoms with Crippen LogP contribution < -0.4 is 5.32 Å². The van der Waals surface area contributed by atoms with E-state index in [1.807, 2.05) is 6.92 Å². The topological polar surface area (TPSA) is 105 Å². The molecule has 3 N–H and O–H groups in total. The molecule has 0 unspecified atom stereocenters. The number of nitrogens with one attached hydrogen (secondary N) is 1. The number of carbonyl (C=O) groups is 2. The summed E-state index contributed by atoms with van der Waals surface area (Å²) in [7, 11) is 0. The fraction of sp³-hybridized carbons (Fsp3) is 0.529. The minimum atomic E-state index is -0.963. The Morgan fingerprint density at radius 2 is 1.88 bits per heavy atom. The van der Waals surface area contributed by atoms with Crippen molar-refractivity contribution >= 4 is 12.1 Å². The fourth-order valence-electron chi connectivity index (χ4n) is 1.88. The predicted octanol–water partition coefficient (Wildman–Crippen LogP) is 2.49. The van der Waals surface area contributed by atoms with Gasteiger partial charge in [0.1, 0.15) is 11.6 Å². The molecule has 0 aliphatic carbocycles. The Hall–Kier alpha value is -2.44. The summed E-state index contributed by atoms with van der Waals surface area (Å²) >= 11 is 0. The summed E-state index contributed by atoms with van der Waals surface area (Å²) in [6.45, 7) is 7.26. The number of aromatic hydroxyl groups is 2. The molecule has 0 aliphatic heterocycles. The predicted molar refractivity (Wildman–Crippen MR) is 87.9 cm³/mol. The molecular formula is C17H25NO6. The fourth-order valence-corrected chi connectivity index (χ4v) is 1.88. The average Bonchev–Trinajstić information content (AvgIpc) is 2.46. The molecule has 0 aromatic heterocycles. The third kappa shape index (κ3) is 6.76. The summed E-state index contributed by atoms with van der Waals surface area (Å²) < 4.78 is 10.2. The first-order valence-electron chi connectivity index (χ1n) is 7.79. The highest BCUT2D eigenvalue weighted by atomic mass is 16.6. The second-order valence-corrected chi connectivity index (χ2v) is 6.39. The molecule has 1 amide bonds. The van der Waals surface area contributed by atoms with Crippen molar-refractivity contribution in [1.82, 2.24) is 5.32 Å². The lowest BCUT2D eigenvalue weighted by Gasteiger charge is -2.23. The van der Waals surface area contributed by atoms with Crippen LogP contribution in [0.2, 0.25) is 0 Å². The molecule has 7 nitrogen and oxygen atoms in total. The number of carbonyl (C=O) groups excluding carboxylic acids is 2. The van der Waals surface area contributed by atoms with Crippen LogP contribution in [0.15, 0.2) is 18.2 Å². The molecule has 1 atom stereocenters. The van der Waals surface area contributed by atoms with Gasteiger partial charge in [-0.05, 0) is 44.9 Å². The van der Waals surface area contributed by atoms with Crippen LogP contribution in [0.1, 0.15) is 39.7 Å². The van der Waals surface area contributed by atoms with Gasteiger partial charge in [0.25, 0.3) is 0 Å². The largest absolute Gasteiger partial charge is 0.504 e. The van der Waals surface area contributed by atoms with Crippen LogP contribution >= 0.6 is 0 Å². The van der Waals surface area contributed by atoms with Crippen LogP contribution in [0, 0.1) is 0 Å². The molecule has 0 fully saturated rings. The van der Waals surface area contributed by atoms with Crippen molar-refractivity contribution in [1.29, 1.82) is 0 Å². The van der Waals surface area contributed by atoms with Crippen molar-refractivity contribution in [2.75, 3.05) is 6.61 Å². The van der Waals surface area contributed by atoms with Gasteiger partial charge in [-0.2, -0.15) is 0 Å². The second-order valence-electron chi connectivity index (χ2n) is 6.39. The van der Waals surface area contributed by atoms with Crippen molar-refractivity contribution < 1.29 is 29.3 Å². The van der Waals surface area contributed by atoms with Crippen LogP contribution in [0.25, 0.3) is 0 Å². The molecule has 7 heteroatoms. The molecule has 1 aromatic rings. The number of esters is 1. The molecule has 1 rings (SSSR count). The molecule has 0 bridgehead atoms. The van der Waals surface area contributed by atoms with Gasteiger partial charge >= 0.3 is 12.1 Å². The quantitative estimate of drug-likeness (QED) is 0.543. The Labute approximate surface area is 141 Å². The Bertz CT molecular complexity index is 579. The average molecular weight is 339 g/mol. The summed E-state index contributed by atoms with van der Waals surface area (Å²) in [5.41, 5.74) is -0.140. The van der Waals surface area contributed by atoms with E-state index in [4.69, 9.17) is 9.47 Å². The number of ether oxygens (including phenoxy) is 2. The Kier molecular flexibility index (Phi) is 6.88. The van der Waals surface area contributed by atoms with Crippen molar-refractivity contribution in [3.63, 3.8) is 0 Å². The van der Waals surface area contributed by atoms with Gasteiger partial charge in [0.05, 0.1) is 6.61 Å². The Morgan fingerprint density at radius 1 is 1.21 bits per heavy atom. The standard InChI is InChI=1S/C17H25NO6/c1-5-8-23-15(21)12(18-16(22)24-17(2,3)4)9-11-6-7-13(19)14(20)10-11/h6-7,10,12,19-20H,5,8-9H2,1-4H3,(H,18,22)/t12-/m0/s1. The van der Waals surface area contributed by atoms with E-state index >= 15 is 0 Å². The van der Waals surface area contributed by atoms with Gasteiger partial charge in [-0.15, -0.1) is 0 Å². The zero-order valence-corrected chi connectivity index (χ0v) is 14.5. The van der Waals surface area contributed by atoms with Gasteiger partial charge in [0.15, 0.2) is 11.5 Å². The van der Waals surface area contributed by atoms with E-state index in [0.29, 0.717) is 12.0 Å². The molecule has 0 heterocycles. The smallest absolute Gasteiger partial charge is 0.408 e. The van der Waals surface area contributed by atoms with Gasteiger partial charge < -0.3 is 25.0 Å². The molecule has 0 saturated carbocycles. The molecule has 0 radical (unpaired) electrons. The Balaban J connectivity index is 2.85. The number of rotatable bonds is 6. The SMILES string of the molecule is CCCOC(=O)[C@H](Cc1ccc(O)c(O)c1)NC(=O)OC(C)(C)C. The monoisotopic (exact) mass is 339 g/mol. The molecule has 0 aliphatic rings. The van der Waals surface area contributed by atoms with Gasteiger partial charge in [0, 0.05) is 6.42 Å². The third-order valence-electron chi connectivity index (χ3n) is 2.90. The van der Waals surface area contributed by atoms with Gasteiger partial charge in [0.2, 0.25) is 0 Å². The van der Waals surface area contributed by atoms with E-state index in [0.717, 1.165) is 0 Å². The van der Waals surface area contributed by atoms with Crippen molar-refractivity contribution in [2.45, 2.75) is 52.2 Å². The van der Waals surface area contributed by atoms with Gasteiger partial charge in [-0.25, -0.2) is 9.59 Å². The lowest BCUT2D eigenvalue weighted by molar-refractivity contribution is -0.146. The summed E-state index contributed by atoms with van der Waals surface area (Å²) in [6, 6.07) is 3.22. The number of alkyl carbamates (subject to hydrolysis) is 1. The first-order valence-corrected chi connectivity index (χ1v) is 7.79. The first kappa shape index (κ1) is 19.6. The third-order valence-corrected chi connectivity index (χ3v) is 2.90. The van der Waals surface area contributed by atoms with E-state index in [-0.39, 0.29) is 24.5 Å².